The molecule has 4 heterocycles. The summed E-state index contributed by atoms with van der Waals surface area (Å²) in [5, 5.41) is 14.7. The van der Waals surface area contributed by atoms with Crippen molar-refractivity contribution in [1.29, 1.82) is 5.26 Å². The molecule has 2 N–H and O–H groups in total. The van der Waals surface area contributed by atoms with Crippen molar-refractivity contribution in [3.05, 3.63) is 53.2 Å². The molecular formula is C41H51F3N8O4S. The fourth-order valence-corrected chi connectivity index (χ4v) is 9.69. The number of nitriles is 1. The zero-order valence-corrected chi connectivity index (χ0v) is 33.7. The lowest BCUT2D eigenvalue weighted by molar-refractivity contribution is -0.138. The average Bonchev–Trinajstić information content (AvgIpc) is 3.33. The van der Waals surface area contributed by atoms with E-state index in [9.17, 15) is 37.6 Å². The number of unbranched alkanes of at least 4 members (excludes halogenated alkanes) is 1. The molecule has 3 atom stereocenters. The van der Waals surface area contributed by atoms with Crippen molar-refractivity contribution < 1.29 is 32.3 Å². The molecule has 1 aliphatic carbocycles. The summed E-state index contributed by atoms with van der Waals surface area (Å²) in [5.74, 6) is -0.581. The Morgan fingerprint density at radius 1 is 1.04 bits per heavy atom. The fourth-order valence-electron chi connectivity index (χ4n) is 9.12. The molecule has 3 aliphatic heterocycles. The number of alkyl halides is 3. The molecule has 306 valence electrons. The van der Waals surface area contributed by atoms with Crippen LogP contribution in [0.25, 0.3) is 0 Å². The number of hydrogen-bond donors (Lipinski definition) is 2. The van der Waals surface area contributed by atoms with Gasteiger partial charge in [-0.2, -0.15) is 18.4 Å². The maximum absolute atomic E-state index is 13.7. The third-order valence-electron chi connectivity index (χ3n) is 12.1. The summed E-state index contributed by atoms with van der Waals surface area (Å²) in [6.07, 6.45) is 4.46. The summed E-state index contributed by atoms with van der Waals surface area (Å²) in [5.41, 5.74) is -1.89. The molecular weight excluding hydrogens is 758 g/mol. The highest BCUT2D eigenvalue weighted by atomic mass is 32.1. The fraction of sp³-hybridized carbons (Fsp3) is 0.585. The van der Waals surface area contributed by atoms with Gasteiger partial charge in [-0.1, -0.05) is 18.9 Å². The molecule has 1 aromatic carbocycles. The summed E-state index contributed by atoms with van der Waals surface area (Å²) >= 11 is 5.76. The van der Waals surface area contributed by atoms with Gasteiger partial charge in [0.1, 0.15) is 11.4 Å². The molecule has 12 nitrogen and oxygen atoms in total. The maximum Gasteiger partial charge on any atom is 0.417 e. The summed E-state index contributed by atoms with van der Waals surface area (Å²) in [4.78, 5) is 62.4. The number of carbonyl (C=O) groups excluding carboxylic acids is 4. The molecule has 3 saturated heterocycles. The van der Waals surface area contributed by atoms with Crippen molar-refractivity contribution in [2.75, 3.05) is 36.4 Å². The second kappa shape index (κ2) is 17.2. The van der Waals surface area contributed by atoms with Crippen LogP contribution in [-0.2, 0) is 25.4 Å². The van der Waals surface area contributed by atoms with E-state index in [4.69, 9.17) is 12.2 Å². The minimum absolute atomic E-state index is 0.00123. The van der Waals surface area contributed by atoms with Crippen LogP contribution in [0.2, 0.25) is 0 Å². The number of anilines is 2. The lowest BCUT2D eigenvalue weighted by Gasteiger charge is -2.44. The van der Waals surface area contributed by atoms with Gasteiger partial charge >= 0.3 is 6.18 Å². The Bertz CT molecular complexity index is 1900. The van der Waals surface area contributed by atoms with E-state index in [0.29, 0.717) is 23.7 Å². The van der Waals surface area contributed by atoms with E-state index < -0.39 is 28.8 Å². The van der Waals surface area contributed by atoms with Crippen LogP contribution in [0.15, 0.2) is 36.5 Å². The quantitative estimate of drug-likeness (QED) is 0.159. The number of nitrogens with one attached hydrogen (secondary N) is 2. The van der Waals surface area contributed by atoms with Crippen LogP contribution < -0.4 is 15.5 Å². The summed E-state index contributed by atoms with van der Waals surface area (Å²) in [6.45, 7) is 10.8. The SMILES string of the molecule is C[C@@H]1CN(CCCCC2CCC(N3C(=S)N(c4ccc(C#N)c(C(F)(F)F)c4)C(=O)C3(C)C)CC2)C[C@H](C)N1CC(=O)Nc1ccc(C2CCC(=O)NC2=O)cn1. The Labute approximate surface area is 337 Å². The van der Waals surface area contributed by atoms with Gasteiger partial charge in [0.05, 0.1) is 35.3 Å². The Kier molecular flexibility index (Phi) is 12.7. The molecule has 57 heavy (non-hydrogen) atoms. The Hall–Kier alpha value is -4.46. The van der Waals surface area contributed by atoms with Crippen LogP contribution in [0.3, 0.4) is 0 Å². The van der Waals surface area contributed by atoms with E-state index in [1.807, 2.05) is 4.90 Å². The van der Waals surface area contributed by atoms with Crippen molar-refractivity contribution in [2.45, 2.75) is 121 Å². The maximum atomic E-state index is 13.7. The van der Waals surface area contributed by atoms with Gasteiger partial charge in [0.2, 0.25) is 17.7 Å². The number of nitrogens with zero attached hydrogens (tertiary/aromatic N) is 6. The molecule has 4 aliphatic rings. The third-order valence-corrected chi connectivity index (χ3v) is 12.5. The van der Waals surface area contributed by atoms with Gasteiger partial charge in [0.25, 0.3) is 5.91 Å². The molecule has 0 spiro atoms. The van der Waals surface area contributed by atoms with Gasteiger partial charge in [-0.05, 0) is 121 Å². The third kappa shape index (κ3) is 9.31. The number of hydrogen-bond acceptors (Lipinski definition) is 9. The number of pyridine rings is 1. The average molecular weight is 809 g/mol. The molecule has 1 unspecified atom stereocenters. The number of amides is 4. The summed E-state index contributed by atoms with van der Waals surface area (Å²) in [7, 11) is 0. The summed E-state index contributed by atoms with van der Waals surface area (Å²) < 4.78 is 41.2. The van der Waals surface area contributed by atoms with Gasteiger partial charge < -0.3 is 15.1 Å². The Balaban J connectivity index is 0.918. The van der Waals surface area contributed by atoms with Crippen LogP contribution in [0.5, 0.6) is 0 Å². The van der Waals surface area contributed by atoms with Gasteiger partial charge in [-0.25, -0.2) is 4.98 Å². The minimum Gasteiger partial charge on any atom is -0.331 e. The van der Waals surface area contributed by atoms with Crippen molar-refractivity contribution in [2.24, 2.45) is 5.92 Å². The van der Waals surface area contributed by atoms with E-state index in [1.54, 1.807) is 38.2 Å². The standard InChI is InChI=1S/C41H51F3N8O4S/c1-25-22-49(23-26(2)50(25)24-36(54)47-34-16-11-29(21-46-34)32-15-17-35(53)48-37(32)55)18-6-5-7-27-8-12-30(13-9-27)52-39(57)51(38(56)40(52,3)4)31-14-10-28(20-45)33(19-31)41(42,43)44/h10-11,14,16,19,21,25-27,30,32H,5-9,12-13,15,17-18,22-24H2,1-4H3,(H,46,47,54)(H,48,53,55)/t25-,26+,27?,30?,32?. The molecule has 6 rings (SSSR count). The number of aromatic nitrogens is 1. The number of halogens is 3. The van der Waals surface area contributed by atoms with Crippen LogP contribution in [0, 0.1) is 17.2 Å². The first-order chi connectivity index (χ1) is 27.0. The zero-order valence-electron chi connectivity index (χ0n) is 32.9. The number of thiocarbonyl (C=S) groups is 1. The normalized spacial score (nSPS) is 26.0. The molecule has 4 fully saturated rings. The second-order valence-corrected chi connectivity index (χ2v) is 16.9. The highest BCUT2D eigenvalue weighted by molar-refractivity contribution is 7.80. The van der Waals surface area contributed by atoms with Crippen LogP contribution >= 0.6 is 12.2 Å². The lowest BCUT2D eigenvalue weighted by atomic mass is 9.81. The molecule has 2 aromatic rings. The highest BCUT2D eigenvalue weighted by Gasteiger charge is 2.52. The Morgan fingerprint density at radius 3 is 2.35 bits per heavy atom. The van der Waals surface area contributed by atoms with E-state index in [0.717, 1.165) is 76.7 Å². The highest BCUT2D eigenvalue weighted by Crippen LogP contribution is 2.41. The number of imide groups is 1. The van der Waals surface area contributed by atoms with Crippen molar-refractivity contribution in [3.63, 3.8) is 0 Å². The minimum atomic E-state index is -4.75. The van der Waals surface area contributed by atoms with E-state index >= 15 is 0 Å². The molecule has 0 bridgehead atoms. The van der Waals surface area contributed by atoms with Crippen LogP contribution in [0.1, 0.15) is 108 Å². The van der Waals surface area contributed by atoms with Gasteiger partial charge in [-0.15, -0.1) is 0 Å². The van der Waals surface area contributed by atoms with Crippen LogP contribution in [-0.4, -0.2) is 98.3 Å². The number of piperidine rings is 1. The predicted molar refractivity (Wildman–Crippen MR) is 212 cm³/mol. The zero-order chi connectivity index (χ0) is 41.2. The first kappa shape index (κ1) is 42.2. The number of rotatable bonds is 11. The topological polar surface area (TPSA) is 142 Å². The number of carbonyl (C=O) groups is 4. The van der Waals surface area contributed by atoms with E-state index in [2.05, 4.69) is 39.3 Å². The first-order valence-electron chi connectivity index (χ1n) is 19.8. The van der Waals surface area contributed by atoms with E-state index in [-0.39, 0.29) is 65.5 Å². The molecule has 1 saturated carbocycles. The van der Waals surface area contributed by atoms with Gasteiger partial charge in [0, 0.05) is 43.8 Å². The lowest BCUT2D eigenvalue weighted by Crippen LogP contribution is -2.58. The van der Waals surface area contributed by atoms with Gasteiger partial charge in [0.15, 0.2) is 5.11 Å². The first-order valence-corrected chi connectivity index (χ1v) is 20.3. The largest absolute Gasteiger partial charge is 0.417 e. The number of piperazine rings is 1. The monoisotopic (exact) mass is 808 g/mol. The van der Waals surface area contributed by atoms with Crippen LogP contribution in [0.4, 0.5) is 24.7 Å². The Morgan fingerprint density at radius 2 is 1.74 bits per heavy atom. The number of benzene rings is 1. The predicted octanol–water partition coefficient (Wildman–Crippen LogP) is 5.97. The van der Waals surface area contributed by atoms with Crippen molar-refractivity contribution in [1.82, 2.24) is 25.0 Å². The van der Waals surface area contributed by atoms with Crippen molar-refractivity contribution >= 4 is 52.5 Å². The van der Waals surface area contributed by atoms with Gasteiger partial charge in [-0.3, -0.25) is 34.3 Å². The molecule has 4 amide bonds. The smallest absolute Gasteiger partial charge is 0.331 e. The van der Waals surface area contributed by atoms with E-state index in [1.165, 1.54) is 11.0 Å². The van der Waals surface area contributed by atoms with Crippen molar-refractivity contribution in [3.8, 4) is 6.07 Å². The summed E-state index contributed by atoms with van der Waals surface area (Å²) in [6, 6.07) is 8.70. The molecule has 1 aromatic heterocycles. The molecule has 16 heteroatoms. The molecule has 0 radical (unpaired) electrons. The second-order valence-electron chi connectivity index (χ2n) is 16.5.